The summed E-state index contributed by atoms with van der Waals surface area (Å²) < 4.78 is 61.6. The third-order valence-corrected chi connectivity index (χ3v) is 3.90. The molecular formula is C14H10F3NO4S. The van der Waals surface area contributed by atoms with E-state index in [4.69, 9.17) is 0 Å². The van der Waals surface area contributed by atoms with Gasteiger partial charge in [-0.15, -0.1) is 0 Å². The van der Waals surface area contributed by atoms with Gasteiger partial charge in [0.25, 0.3) is 10.0 Å². The summed E-state index contributed by atoms with van der Waals surface area (Å²) in [4.78, 5) is 16.9. The fourth-order valence-electron chi connectivity index (χ4n) is 1.61. The smallest absolute Gasteiger partial charge is 0.351 e. The standard InChI is InChI=1S/C14H10F3NO4S/c15-14(16,17)11-7-4-8-12(9-11)23(20,21)18-22-13(19)10-5-2-1-3-6-10/h1-9,18H. The summed E-state index contributed by atoms with van der Waals surface area (Å²) >= 11 is 0. The second-order valence-corrected chi connectivity index (χ2v) is 6.01. The van der Waals surface area contributed by atoms with Crippen molar-refractivity contribution in [1.82, 2.24) is 4.89 Å². The van der Waals surface area contributed by atoms with E-state index in [1.54, 1.807) is 6.07 Å². The molecule has 0 spiro atoms. The first-order chi connectivity index (χ1) is 10.7. The van der Waals surface area contributed by atoms with Crippen LogP contribution in [0.3, 0.4) is 0 Å². The molecule has 2 aromatic rings. The number of alkyl halides is 3. The maximum Gasteiger partial charge on any atom is 0.416 e. The second-order valence-electron chi connectivity index (χ2n) is 4.37. The molecule has 0 fully saturated rings. The molecular weight excluding hydrogens is 335 g/mol. The van der Waals surface area contributed by atoms with Gasteiger partial charge in [-0.1, -0.05) is 24.3 Å². The molecule has 9 heteroatoms. The fourth-order valence-corrected chi connectivity index (χ4v) is 2.44. The van der Waals surface area contributed by atoms with Gasteiger partial charge in [0.1, 0.15) is 0 Å². The van der Waals surface area contributed by atoms with Crippen molar-refractivity contribution in [3.63, 3.8) is 0 Å². The average molecular weight is 345 g/mol. The maximum atomic E-state index is 12.6. The Morgan fingerprint density at radius 3 is 2.26 bits per heavy atom. The molecule has 0 aliphatic heterocycles. The summed E-state index contributed by atoms with van der Waals surface area (Å²) in [5, 5.41) is 0. The number of carbonyl (C=O) groups is 1. The number of halogens is 3. The normalized spacial score (nSPS) is 12.0. The van der Waals surface area contributed by atoms with Crippen LogP contribution in [-0.2, 0) is 21.0 Å². The van der Waals surface area contributed by atoms with Gasteiger partial charge in [0.2, 0.25) is 0 Å². The Hall–Kier alpha value is -2.39. The van der Waals surface area contributed by atoms with Gasteiger partial charge in [-0.3, -0.25) is 0 Å². The van der Waals surface area contributed by atoms with Gasteiger partial charge in [-0.05, 0) is 35.2 Å². The molecule has 2 aromatic carbocycles. The Kier molecular flexibility index (Phi) is 4.71. The Labute approximate surface area is 129 Å². The van der Waals surface area contributed by atoms with Crippen LogP contribution < -0.4 is 4.89 Å². The topological polar surface area (TPSA) is 72.5 Å². The van der Waals surface area contributed by atoms with Gasteiger partial charge in [0.15, 0.2) is 0 Å². The second kappa shape index (κ2) is 6.39. The van der Waals surface area contributed by atoms with E-state index >= 15 is 0 Å². The Bertz CT molecular complexity index is 804. The summed E-state index contributed by atoms with van der Waals surface area (Å²) in [5.41, 5.74) is -1.05. The van der Waals surface area contributed by atoms with Crippen LogP contribution in [0.25, 0.3) is 0 Å². The van der Waals surface area contributed by atoms with E-state index in [1.807, 2.05) is 0 Å². The van der Waals surface area contributed by atoms with Crippen LogP contribution in [0.1, 0.15) is 15.9 Å². The van der Waals surface area contributed by atoms with Gasteiger partial charge in [-0.25, -0.2) is 13.2 Å². The lowest BCUT2D eigenvalue weighted by Gasteiger charge is -2.10. The molecule has 122 valence electrons. The summed E-state index contributed by atoms with van der Waals surface area (Å²) in [6, 6.07) is 10.6. The third-order valence-electron chi connectivity index (χ3n) is 2.73. The Balaban J connectivity index is 2.15. The predicted molar refractivity (Wildman–Crippen MR) is 73.6 cm³/mol. The van der Waals surface area contributed by atoms with Crippen LogP contribution in [-0.4, -0.2) is 14.4 Å². The molecule has 0 radical (unpaired) electrons. The lowest BCUT2D eigenvalue weighted by atomic mass is 10.2. The molecule has 0 aliphatic rings. The number of rotatable bonds is 4. The third kappa shape index (κ3) is 4.30. The van der Waals surface area contributed by atoms with Crippen LogP contribution in [0, 0.1) is 0 Å². The van der Waals surface area contributed by atoms with Crippen LogP contribution in [0.15, 0.2) is 59.5 Å². The lowest BCUT2D eigenvalue weighted by Crippen LogP contribution is -2.27. The molecule has 0 amide bonds. The zero-order valence-electron chi connectivity index (χ0n) is 11.4. The molecule has 0 saturated heterocycles. The number of carbonyl (C=O) groups excluding carboxylic acids is 1. The largest absolute Gasteiger partial charge is 0.416 e. The van der Waals surface area contributed by atoms with Crippen molar-refractivity contribution in [3.8, 4) is 0 Å². The quantitative estimate of drug-likeness (QED) is 0.865. The monoisotopic (exact) mass is 345 g/mol. The van der Waals surface area contributed by atoms with Gasteiger partial charge in [0.05, 0.1) is 16.0 Å². The zero-order chi connectivity index (χ0) is 17.1. The first-order valence-corrected chi connectivity index (χ1v) is 7.64. The summed E-state index contributed by atoms with van der Waals surface area (Å²) in [6.45, 7) is 0. The van der Waals surface area contributed by atoms with Crippen LogP contribution in [0.2, 0.25) is 0 Å². The number of sulfonamides is 1. The summed E-state index contributed by atoms with van der Waals surface area (Å²) in [5.74, 6) is -0.985. The fraction of sp³-hybridized carbons (Fsp3) is 0.0714. The van der Waals surface area contributed by atoms with Crippen LogP contribution >= 0.6 is 0 Å². The number of hydrogen-bond acceptors (Lipinski definition) is 4. The van der Waals surface area contributed by atoms with Crippen molar-refractivity contribution >= 4 is 16.0 Å². The van der Waals surface area contributed by atoms with E-state index in [0.717, 1.165) is 18.2 Å². The van der Waals surface area contributed by atoms with Crippen molar-refractivity contribution in [2.24, 2.45) is 0 Å². The lowest BCUT2D eigenvalue weighted by molar-refractivity contribution is -0.137. The molecule has 0 atom stereocenters. The molecule has 5 nitrogen and oxygen atoms in total. The highest BCUT2D eigenvalue weighted by Crippen LogP contribution is 2.30. The summed E-state index contributed by atoms with van der Waals surface area (Å²) in [6.07, 6.45) is -4.69. The Morgan fingerprint density at radius 1 is 1.00 bits per heavy atom. The molecule has 0 saturated carbocycles. The van der Waals surface area contributed by atoms with Crippen molar-refractivity contribution < 1.29 is 31.2 Å². The van der Waals surface area contributed by atoms with E-state index in [9.17, 15) is 26.4 Å². The first kappa shape index (κ1) is 17.0. The highest BCUT2D eigenvalue weighted by molar-refractivity contribution is 7.89. The molecule has 0 heterocycles. The van der Waals surface area contributed by atoms with Crippen LogP contribution in [0.4, 0.5) is 13.2 Å². The minimum Gasteiger partial charge on any atom is -0.351 e. The van der Waals surface area contributed by atoms with Gasteiger partial charge >= 0.3 is 12.1 Å². The van der Waals surface area contributed by atoms with E-state index in [-0.39, 0.29) is 5.56 Å². The average Bonchev–Trinajstić information content (AvgIpc) is 2.53. The van der Waals surface area contributed by atoms with Crippen molar-refractivity contribution in [2.45, 2.75) is 11.1 Å². The molecule has 0 unspecified atom stereocenters. The molecule has 0 aromatic heterocycles. The minimum atomic E-state index is -4.69. The molecule has 1 N–H and O–H groups in total. The summed E-state index contributed by atoms with van der Waals surface area (Å²) in [7, 11) is -4.44. The Morgan fingerprint density at radius 2 is 1.65 bits per heavy atom. The first-order valence-electron chi connectivity index (χ1n) is 6.15. The number of hydrogen-bond donors (Lipinski definition) is 1. The molecule has 23 heavy (non-hydrogen) atoms. The molecule has 0 bridgehead atoms. The van der Waals surface area contributed by atoms with Gasteiger partial charge in [-0.2, -0.15) is 13.2 Å². The van der Waals surface area contributed by atoms with Gasteiger partial charge in [0, 0.05) is 0 Å². The maximum absolute atomic E-state index is 12.6. The van der Waals surface area contributed by atoms with E-state index in [2.05, 4.69) is 4.84 Å². The predicted octanol–water partition coefficient (Wildman–Crippen LogP) is 2.76. The molecule has 2 rings (SSSR count). The number of nitrogens with one attached hydrogen (secondary N) is 1. The van der Waals surface area contributed by atoms with Crippen molar-refractivity contribution in [1.29, 1.82) is 0 Å². The van der Waals surface area contributed by atoms with Crippen molar-refractivity contribution in [3.05, 3.63) is 65.7 Å². The highest BCUT2D eigenvalue weighted by atomic mass is 32.2. The van der Waals surface area contributed by atoms with E-state index < -0.39 is 32.6 Å². The zero-order valence-corrected chi connectivity index (χ0v) is 12.2. The number of benzene rings is 2. The van der Waals surface area contributed by atoms with E-state index in [1.165, 1.54) is 29.2 Å². The van der Waals surface area contributed by atoms with Gasteiger partial charge < -0.3 is 4.84 Å². The SMILES string of the molecule is O=C(ONS(=O)(=O)c1cccc(C(F)(F)F)c1)c1ccccc1. The van der Waals surface area contributed by atoms with E-state index in [0.29, 0.717) is 6.07 Å². The van der Waals surface area contributed by atoms with Crippen LogP contribution in [0.5, 0.6) is 0 Å². The van der Waals surface area contributed by atoms with Crippen molar-refractivity contribution in [2.75, 3.05) is 0 Å². The highest BCUT2D eigenvalue weighted by Gasteiger charge is 2.31. The minimum absolute atomic E-state index is 0.0826. The molecule has 0 aliphatic carbocycles.